The molecule has 2 aromatic rings. The highest BCUT2D eigenvalue weighted by molar-refractivity contribution is 5.85. The molecular weight excluding hydrogens is 156 g/mol. The second kappa shape index (κ2) is 2.34. The molecule has 0 aromatic carbocycles. The Balaban J connectivity index is 2.68. The monoisotopic (exact) mass is 161 g/mol. The van der Waals surface area contributed by atoms with Crippen molar-refractivity contribution in [2.24, 2.45) is 0 Å². The van der Waals surface area contributed by atoms with Crippen molar-refractivity contribution in [1.82, 2.24) is 9.38 Å². The number of aromatic nitrogens is 2. The maximum atomic E-state index is 10.4. The Morgan fingerprint density at radius 3 is 3.08 bits per heavy atom. The van der Waals surface area contributed by atoms with Gasteiger partial charge in [-0.3, -0.25) is 0 Å². The van der Waals surface area contributed by atoms with E-state index in [1.54, 1.807) is 23.0 Å². The third-order valence-corrected chi connectivity index (χ3v) is 1.64. The molecule has 2 heterocycles. The van der Waals surface area contributed by atoms with Crippen LogP contribution in [0, 0.1) is 0 Å². The van der Waals surface area contributed by atoms with Crippen molar-refractivity contribution in [2.75, 3.05) is 0 Å². The number of hydrogen-bond donors (Lipinski definition) is 0. The van der Waals surface area contributed by atoms with Crippen LogP contribution in [-0.2, 0) is 0 Å². The lowest BCUT2D eigenvalue weighted by molar-refractivity contribution is -0.255. The molecule has 4 heteroatoms. The van der Waals surface area contributed by atoms with Crippen LogP contribution in [0.3, 0.4) is 0 Å². The number of nitrogens with zero attached hydrogens (tertiary/aromatic N) is 2. The van der Waals surface area contributed by atoms with Gasteiger partial charge in [0.05, 0.1) is 24.0 Å². The van der Waals surface area contributed by atoms with Crippen LogP contribution < -0.4 is 5.11 Å². The van der Waals surface area contributed by atoms with Gasteiger partial charge in [-0.25, -0.2) is 4.98 Å². The first-order valence-electron chi connectivity index (χ1n) is 3.40. The number of carbonyl (C=O) groups excluding carboxylic acids is 1. The van der Waals surface area contributed by atoms with Crippen LogP contribution in [0.4, 0.5) is 0 Å². The number of hydrogen-bond acceptors (Lipinski definition) is 3. The number of imidazole rings is 1. The van der Waals surface area contributed by atoms with Gasteiger partial charge in [-0.1, -0.05) is 0 Å². The molecule has 0 radical (unpaired) electrons. The second-order valence-corrected chi connectivity index (χ2v) is 2.43. The zero-order valence-corrected chi connectivity index (χ0v) is 6.10. The topological polar surface area (TPSA) is 57.4 Å². The van der Waals surface area contributed by atoms with Crippen LogP contribution in [0.1, 0.15) is 10.4 Å². The van der Waals surface area contributed by atoms with Gasteiger partial charge in [0.15, 0.2) is 0 Å². The zero-order valence-electron chi connectivity index (χ0n) is 6.10. The SMILES string of the molecule is O=C([O-])c1ccc2cncn2c1. The maximum Gasteiger partial charge on any atom is 0.0992 e. The summed E-state index contributed by atoms with van der Waals surface area (Å²) in [6.07, 6.45) is 4.67. The first-order chi connectivity index (χ1) is 5.77. The number of fused-ring (bicyclic) bond motifs is 1. The lowest BCUT2D eigenvalue weighted by atomic mass is 10.3. The van der Waals surface area contributed by atoms with Crippen LogP contribution in [0.25, 0.3) is 5.52 Å². The molecule has 0 saturated heterocycles. The fourth-order valence-electron chi connectivity index (χ4n) is 1.04. The van der Waals surface area contributed by atoms with Gasteiger partial charge in [0.2, 0.25) is 0 Å². The molecule has 0 bridgehead atoms. The van der Waals surface area contributed by atoms with Crippen molar-refractivity contribution >= 4 is 11.5 Å². The predicted molar refractivity (Wildman–Crippen MR) is 39.5 cm³/mol. The molecule has 12 heavy (non-hydrogen) atoms. The lowest BCUT2D eigenvalue weighted by Gasteiger charge is -2.01. The molecule has 0 aliphatic rings. The van der Waals surface area contributed by atoms with Crippen LogP contribution in [0.5, 0.6) is 0 Å². The van der Waals surface area contributed by atoms with Crippen LogP contribution in [-0.4, -0.2) is 15.4 Å². The Hall–Kier alpha value is -1.84. The summed E-state index contributed by atoms with van der Waals surface area (Å²) in [7, 11) is 0. The Bertz CT molecular complexity index is 433. The van der Waals surface area contributed by atoms with Crippen molar-refractivity contribution in [3.05, 3.63) is 36.4 Å². The summed E-state index contributed by atoms with van der Waals surface area (Å²) in [5, 5.41) is 10.4. The molecule has 0 N–H and O–H groups in total. The summed E-state index contributed by atoms with van der Waals surface area (Å²) >= 11 is 0. The normalized spacial score (nSPS) is 10.3. The van der Waals surface area contributed by atoms with E-state index < -0.39 is 5.97 Å². The van der Waals surface area contributed by atoms with Gasteiger partial charge in [-0.2, -0.15) is 0 Å². The number of rotatable bonds is 1. The number of aromatic carboxylic acids is 1. The molecule has 0 unspecified atom stereocenters. The van der Waals surface area contributed by atoms with Gasteiger partial charge >= 0.3 is 0 Å². The molecule has 0 saturated carbocycles. The van der Waals surface area contributed by atoms with Gasteiger partial charge in [0.1, 0.15) is 0 Å². The quantitative estimate of drug-likeness (QED) is 0.576. The molecule has 0 aliphatic carbocycles. The number of carboxylic acid groups (broad SMARTS) is 1. The summed E-state index contributed by atoms with van der Waals surface area (Å²) in [5.74, 6) is -1.18. The summed E-state index contributed by atoms with van der Waals surface area (Å²) < 4.78 is 1.63. The van der Waals surface area contributed by atoms with Gasteiger partial charge in [0.25, 0.3) is 0 Å². The van der Waals surface area contributed by atoms with Crippen molar-refractivity contribution in [1.29, 1.82) is 0 Å². The van der Waals surface area contributed by atoms with Crippen LogP contribution in [0.15, 0.2) is 30.9 Å². The molecular formula is C8H5N2O2-. The summed E-state index contributed by atoms with van der Waals surface area (Å²) in [6, 6.07) is 3.17. The molecule has 2 rings (SSSR count). The van der Waals surface area contributed by atoms with Crippen LogP contribution >= 0.6 is 0 Å². The maximum absolute atomic E-state index is 10.4. The van der Waals surface area contributed by atoms with Crippen molar-refractivity contribution in [3.8, 4) is 0 Å². The van der Waals surface area contributed by atoms with Gasteiger partial charge in [-0.05, 0) is 12.1 Å². The lowest BCUT2D eigenvalue weighted by Crippen LogP contribution is -2.22. The third-order valence-electron chi connectivity index (χ3n) is 1.64. The zero-order chi connectivity index (χ0) is 8.55. The molecule has 60 valence electrons. The minimum atomic E-state index is -1.18. The van der Waals surface area contributed by atoms with E-state index in [0.717, 1.165) is 5.52 Å². The summed E-state index contributed by atoms with van der Waals surface area (Å²) in [6.45, 7) is 0. The van der Waals surface area contributed by atoms with Gasteiger partial charge < -0.3 is 14.3 Å². The summed E-state index contributed by atoms with van der Waals surface area (Å²) in [4.78, 5) is 14.3. The summed E-state index contributed by atoms with van der Waals surface area (Å²) in [5.41, 5.74) is 1.01. The highest BCUT2D eigenvalue weighted by atomic mass is 16.4. The van der Waals surface area contributed by atoms with E-state index in [1.165, 1.54) is 12.3 Å². The largest absolute Gasteiger partial charge is 0.545 e. The predicted octanol–water partition coefficient (Wildman–Crippen LogP) is -0.302. The Morgan fingerprint density at radius 1 is 1.50 bits per heavy atom. The highest BCUT2D eigenvalue weighted by Gasteiger charge is 1.95. The fraction of sp³-hybridized carbons (Fsp3) is 0. The molecule has 0 atom stereocenters. The van der Waals surface area contributed by atoms with Crippen molar-refractivity contribution in [2.45, 2.75) is 0 Å². The first kappa shape index (κ1) is 6.84. The third kappa shape index (κ3) is 0.934. The van der Waals surface area contributed by atoms with Crippen molar-refractivity contribution in [3.63, 3.8) is 0 Å². The van der Waals surface area contributed by atoms with E-state index in [0.29, 0.717) is 0 Å². The fourth-order valence-corrected chi connectivity index (χ4v) is 1.04. The number of pyridine rings is 1. The van der Waals surface area contributed by atoms with E-state index in [4.69, 9.17) is 0 Å². The minimum Gasteiger partial charge on any atom is -0.545 e. The van der Waals surface area contributed by atoms with Crippen LogP contribution in [0.2, 0.25) is 0 Å². The standard InChI is InChI=1S/C8H6N2O2/c11-8(12)6-1-2-7-3-9-5-10(7)4-6/h1-5H,(H,11,12)/p-1. The number of carbonyl (C=O) groups is 1. The molecule has 0 spiro atoms. The van der Waals surface area contributed by atoms with Gasteiger partial charge in [0, 0.05) is 11.8 Å². The minimum absolute atomic E-state index is 0.153. The van der Waals surface area contributed by atoms with E-state index in [1.807, 2.05) is 0 Å². The highest BCUT2D eigenvalue weighted by Crippen LogP contribution is 2.04. The average molecular weight is 161 g/mol. The van der Waals surface area contributed by atoms with E-state index >= 15 is 0 Å². The first-order valence-corrected chi connectivity index (χ1v) is 3.40. The molecule has 0 fully saturated rings. The van der Waals surface area contributed by atoms with Gasteiger partial charge in [-0.15, -0.1) is 0 Å². The Morgan fingerprint density at radius 2 is 2.33 bits per heavy atom. The molecule has 4 nitrogen and oxygen atoms in total. The Labute approximate surface area is 68.1 Å². The second-order valence-electron chi connectivity index (χ2n) is 2.43. The van der Waals surface area contributed by atoms with E-state index in [2.05, 4.69) is 4.98 Å². The van der Waals surface area contributed by atoms with E-state index in [-0.39, 0.29) is 5.56 Å². The molecule has 2 aromatic heterocycles. The molecule has 0 aliphatic heterocycles. The Kier molecular flexibility index (Phi) is 1.33. The molecule has 0 amide bonds. The number of carboxylic acids is 1. The smallest absolute Gasteiger partial charge is 0.0992 e. The van der Waals surface area contributed by atoms with Crippen molar-refractivity contribution < 1.29 is 9.90 Å². The average Bonchev–Trinajstić information content (AvgIpc) is 2.49. The van der Waals surface area contributed by atoms with E-state index in [9.17, 15) is 9.90 Å².